The van der Waals surface area contributed by atoms with Gasteiger partial charge in [0.1, 0.15) is 11.5 Å². The molecule has 2 aromatic heterocycles. The summed E-state index contributed by atoms with van der Waals surface area (Å²) in [6.07, 6.45) is 5.67. The number of aromatic nitrogens is 2. The number of hydrogen-bond acceptors (Lipinski definition) is 3. The number of nitrogens with zero attached hydrogens (tertiary/aromatic N) is 3. The number of anilines is 1. The van der Waals surface area contributed by atoms with Crippen molar-refractivity contribution in [1.29, 1.82) is 0 Å². The van der Waals surface area contributed by atoms with E-state index < -0.39 is 5.60 Å². The molecule has 2 aromatic rings. The van der Waals surface area contributed by atoms with Crippen LogP contribution >= 0.6 is 0 Å². The van der Waals surface area contributed by atoms with Crippen LogP contribution < -0.4 is 4.90 Å². The van der Waals surface area contributed by atoms with E-state index in [4.69, 9.17) is 0 Å². The lowest BCUT2D eigenvalue weighted by Gasteiger charge is -2.47. The lowest BCUT2D eigenvalue weighted by molar-refractivity contribution is 0.00283. The van der Waals surface area contributed by atoms with Crippen molar-refractivity contribution in [3.8, 4) is 0 Å². The van der Waals surface area contributed by atoms with Crippen molar-refractivity contribution in [1.82, 2.24) is 9.38 Å². The largest absolute Gasteiger partial charge is 0.386 e. The number of pyridine rings is 1. The Bertz CT molecular complexity index is 528. The van der Waals surface area contributed by atoms with E-state index >= 15 is 0 Å². The van der Waals surface area contributed by atoms with Gasteiger partial charge in [-0.05, 0) is 18.6 Å². The summed E-state index contributed by atoms with van der Waals surface area (Å²) in [5, 5.41) is 10.2. The van der Waals surface area contributed by atoms with E-state index in [-0.39, 0.29) is 0 Å². The highest BCUT2D eigenvalue weighted by Crippen LogP contribution is 2.30. The number of hydrogen-bond donors (Lipinski definition) is 1. The van der Waals surface area contributed by atoms with Gasteiger partial charge in [0.15, 0.2) is 0 Å². The third-order valence-corrected chi connectivity index (χ3v) is 3.42. The molecule has 1 fully saturated rings. The second kappa shape index (κ2) is 3.74. The monoisotopic (exact) mass is 231 g/mol. The average molecular weight is 231 g/mol. The molecule has 0 saturated carbocycles. The van der Waals surface area contributed by atoms with Crippen molar-refractivity contribution >= 4 is 11.5 Å². The normalized spacial score (nSPS) is 18.4. The fourth-order valence-corrected chi connectivity index (χ4v) is 2.64. The molecule has 0 aliphatic carbocycles. The van der Waals surface area contributed by atoms with Crippen LogP contribution in [-0.4, -0.2) is 33.2 Å². The Morgan fingerprint density at radius 1 is 1.41 bits per heavy atom. The van der Waals surface area contributed by atoms with E-state index in [1.54, 1.807) is 6.20 Å². The number of β-amino-alcohol motifs (C(OH)–C–C–N with tert-alkyl or cyclic N) is 1. The highest BCUT2D eigenvalue weighted by Gasteiger charge is 2.40. The van der Waals surface area contributed by atoms with Crippen molar-refractivity contribution in [2.24, 2.45) is 0 Å². The van der Waals surface area contributed by atoms with E-state index in [9.17, 15) is 5.11 Å². The molecule has 0 bridgehead atoms. The van der Waals surface area contributed by atoms with Crippen molar-refractivity contribution in [2.75, 3.05) is 18.0 Å². The van der Waals surface area contributed by atoms with Gasteiger partial charge >= 0.3 is 0 Å². The molecular weight excluding hydrogens is 214 g/mol. The summed E-state index contributed by atoms with van der Waals surface area (Å²) in [5.41, 5.74) is 0.464. The molecule has 1 aliphatic heterocycles. The molecule has 0 aromatic carbocycles. The summed E-state index contributed by atoms with van der Waals surface area (Å²) in [4.78, 5) is 6.47. The zero-order chi connectivity index (χ0) is 11.9. The lowest BCUT2D eigenvalue weighted by atomic mass is 9.89. The second-order valence-corrected chi connectivity index (χ2v) is 4.87. The van der Waals surface area contributed by atoms with Crippen LogP contribution in [0.15, 0.2) is 30.6 Å². The Hall–Kier alpha value is -1.55. The molecule has 0 amide bonds. The third-order valence-electron chi connectivity index (χ3n) is 3.42. The fourth-order valence-electron chi connectivity index (χ4n) is 2.64. The Morgan fingerprint density at radius 3 is 3.00 bits per heavy atom. The highest BCUT2D eigenvalue weighted by atomic mass is 16.3. The van der Waals surface area contributed by atoms with Crippen LogP contribution in [0.5, 0.6) is 0 Å². The van der Waals surface area contributed by atoms with Crippen LogP contribution in [0.2, 0.25) is 0 Å². The van der Waals surface area contributed by atoms with Crippen LogP contribution in [0.3, 0.4) is 0 Å². The van der Waals surface area contributed by atoms with Gasteiger partial charge in [0.2, 0.25) is 0 Å². The molecule has 3 heterocycles. The van der Waals surface area contributed by atoms with Gasteiger partial charge in [-0.25, -0.2) is 4.98 Å². The summed E-state index contributed by atoms with van der Waals surface area (Å²) in [6.45, 7) is 3.55. The second-order valence-electron chi connectivity index (χ2n) is 4.87. The minimum Gasteiger partial charge on any atom is -0.386 e. The fraction of sp³-hybridized carbons (Fsp3) is 0.462. The van der Waals surface area contributed by atoms with Crippen molar-refractivity contribution in [2.45, 2.75) is 25.4 Å². The summed E-state index contributed by atoms with van der Waals surface area (Å²) in [7, 11) is 0. The van der Waals surface area contributed by atoms with Gasteiger partial charge in [0.05, 0.1) is 5.60 Å². The Labute approximate surface area is 101 Å². The van der Waals surface area contributed by atoms with E-state index in [2.05, 4.69) is 27.3 Å². The first-order valence-electron chi connectivity index (χ1n) is 6.11. The number of fused-ring (bicyclic) bond motifs is 1. The van der Waals surface area contributed by atoms with E-state index in [0.29, 0.717) is 0 Å². The van der Waals surface area contributed by atoms with E-state index in [1.165, 1.54) is 0 Å². The third kappa shape index (κ3) is 1.69. The van der Waals surface area contributed by atoms with Gasteiger partial charge in [-0.3, -0.25) is 4.40 Å². The van der Waals surface area contributed by atoms with Gasteiger partial charge in [-0.1, -0.05) is 19.4 Å². The highest BCUT2D eigenvalue weighted by molar-refractivity contribution is 5.53. The maximum atomic E-state index is 10.2. The standard InChI is InChI=1S/C13H17N3O/c1-2-6-13(17)9-15(10-13)12-5-3-4-11-14-7-8-16(11)12/h3-5,7-8,17H,2,6,9-10H2,1H3. The first-order chi connectivity index (χ1) is 8.22. The molecule has 17 heavy (non-hydrogen) atoms. The topological polar surface area (TPSA) is 40.8 Å². The molecule has 4 heteroatoms. The van der Waals surface area contributed by atoms with Crippen LogP contribution in [0.4, 0.5) is 5.82 Å². The summed E-state index contributed by atoms with van der Waals surface area (Å²) >= 11 is 0. The predicted octanol–water partition coefficient (Wildman–Crippen LogP) is 1.69. The molecule has 1 saturated heterocycles. The SMILES string of the molecule is CCCC1(O)CN(c2cccc3nccn23)C1. The van der Waals surface area contributed by atoms with Crippen LogP contribution in [-0.2, 0) is 0 Å². The molecule has 0 radical (unpaired) electrons. The maximum absolute atomic E-state index is 10.2. The Balaban J connectivity index is 1.85. The number of imidazole rings is 1. The van der Waals surface area contributed by atoms with Gasteiger partial charge < -0.3 is 10.0 Å². The van der Waals surface area contributed by atoms with Gasteiger partial charge in [0.25, 0.3) is 0 Å². The first kappa shape index (κ1) is 10.6. The van der Waals surface area contributed by atoms with Gasteiger partial charge in [-0.15, -0.1) is 0 Å². The Kier molecular flexibility index (Phi) is 2.33. The number of rotatable bonds is 3. The molecule has 90 valence electrons. The van der Waals surface area contributed by atoms with E-state index in [0.717, 1.165) is 37.4 Å². The maximum Gasteiger partial charge on any atom is 0.138 e. The summed E-state index contributed by atoms with van der Waals surface area (Å²) in [5.74, 6) is 1.11. The smallest absolute Gasteiger partial charge is 0.138 e. The molecule has 0 spiro atoms. The number of aliphatic hydroxyl groups is 1. The van der Waals surface area contributed by atoms with Gasteiger partial charge in [0, 0.05) is 25.5 Å². The molecule has 1 aliphatic rings. The van der Waals surface area contributed by atoms with Gasteiger partial charge in [-0.2, -0.15) is 0 Å². The average Bonchev–Trinajstić information content (AvgIpc) is 2.73. The predicted molar refractivity (Wildman–Crippen MR) is 67.3 cm³/mol. The zero-order valence-electron chi connectivity index (χ0n) is 10.0. The van der Waals surface area contributed by atoms with Crippen LogP contribution in [0.1, 0.15) is 19.8 Å². The first-order valence-corrected chi connectivity index (χ1v) is 6.11. The van der Waals surface area contributed by atoms with Crippen LogP contribution in [0, 0.1) is 0 Å². The minimum atomic E-state index is -0.489. The van der Waals surface area contributed by atoms with Crippen molar-refractivity contribution in [3.63, 3.8) is 0 Å². The van der Waals surface area contributed by atoms with Crippen molar-refractivity contribution < 1.29 is 5.11 Å². The summed E-state index contributed by atoms with van der Waals surface area (Å²) in [6, 6.07) is 6.07. The van der Waals surface area contributed by atoms with Crippen LogP contribution in [0.25, 0.3) is 5.65 Å². The molecular formula is C13H17N3O. The molecule has 0 unspecified atom stereocenters. The zero-order valence-corrected chi connectivity index (χ0v) is 10.0. The van der Waals surface area contributed by atoms with Crippen molar-refractivity contribution in [3.05, 3.63) is 30.6 Å². The summed E-state index contributed by atoms with van der Waals surface area (Å²) < 4.78 is 2.06. The molecule has 1 N–H and O–H groups in total. The Morgan fingerprint density at radius 2 is 2.24 bits per heavy atom. The van der Waals surface area contributed by atoms with E-state index in [1.807, 2.05) is 18.3 Å². The molecule has 0 atom stereocenters. The lowest BCUT2D eigenvalue weighted by Crippen LogP contribution is -2.62. The molecule has 4 nitrogen and oxygen atoms in total. The minimum absolute atomic E-state index is 0.489. The molecule has 3 rings (SSSR count). The quantitative estimate of drug-likeness (QED) is 0.874.